The third-order valence-corrected chi connectivity index (χ3v) is 2.18. The number of carbonyl (C=O) groups is 1. The maximum Gasteiger partial charge on any atom is 0.317 e. The number of benzene rings is 1. The third kappa shape index (κ3) is 3.34. The molecule has 0 aliphatic rings. The quantitative estimate of drug-likeness (QED) is 0.726. The van der Waals surface area contributed by atoms with Gasteiger partial charge in [-0.15, -0.1) is 0 Å². The summed E-state index contributed by atoms with van der Waals surface area (Å²) in [5, 5.41) is 18.4. The highest BCUT2D eigenvalue weighted by Gasteiger charge is 2.15. The Hall–Kier alpha value is -1.39. The van der Waals surface area contributed by atoms with Crippen LogP contribution in [0.3, 0.4) is 0 Å². The topological polar surface area (TPSA) is 60.8 Å². The van der Waals surface area contributed by atoms with Gasteiger partial charge in [0.05, 0.1) is 6.54 Å². The first kappa shape index (κ1) is 11.7. The number of aliphatic hydroxyl groups is 1. The minimum Gasteiger partial charge on any atom is -0.480 e. The number of nitrogens with zero attached hydrogens (tertiary/aromatic N) is 1. The molecule has 1 aromatic rings. The Morgan fingerprint density at radius 1 is 1.40 bits per heavy atom. The molecule has 4 heteroatoms. The van der Waals surface area contributed by atoms with Crippen molar-refractivity contribution in [3.8, 4) is 0 Å². The normalized spacial score (nSPS) is 12.8. The fourth-order valence-electron chi connectivity index (χ4n) is 1.29. The second kappa shape index (κ2) is 4.91. The van der Waals surface area contributed by atoms with E-state index in [9.17, 15) is 9.90 Å². The summed E-state index contributed by atoms with van der Waals surface area (Å²) in [5.74, 6) is -0.955. The summed E-state index contributed by atoms with van der Waals surface area (Å²) in [4.78, 5) is 11.8. The lowest BCUT2D eigenvalue weighted by molar-refractivity contribution is -0.140. The van der Waals surface area contributed by atoms with E-state index in [-0.39, 0.29) is 6.54 Å². The van der Waals surface area contributed by atoms with E-state index in [0.29, 0.717) is 5.56 Å². The average Bonchev–Trinajstić information content (AvgIpc) is 2.17. The Bertz CT molecular complexity index is 334. The molecule has 15 heavy (non-hydrogen) atoms. The van der Waals surface area contributed by atoms with Gasteiger partial charge in [-0.3, -0.25) is 9.69 Å². The van der Waals surface area contributed by atoms with Gasteiger partial charge in [-0.2, -0.15) is 0 Å². The zero-order chi connectivity index (χ0) is 11.4. The van der Waals surface area contributed by atoms with Crippen molar-refractivity contribution in [1.29, 1.82) is 0 Å². The summed E-state index contributed by atoms with van der Waals surface area (Å²) >= 11 is 0. The number of rotatable bonds is 4. The summed E-state index contributed by atoms with van der Waals surface area (Å²) < 4.78 is 0. The zero-order valence-electron chi connectivity index (χ0n) is 8.84. The number of likely N-dealkylation sites (N-methyl/N-ethyl adjacent to an activating group) is 1. The van der Waals surface area contributed by atoms with Crippen molar-refractivity contribution in [2.24, 2.45) is 0 Å². The Kier molecular flexibility index (Phi) is 3.82. The smallest absolute Gasteiger partial charge is 0.317 e. The van der Waals surface area contributed by atoms with Gasteiger partial charge >= 0.3 is 5.97 Å². The Balaban J connectivity index is 2.71. The van der Waals surface area contributed by atoms with E-state index in [2.05, 4.69) is 0 Å². The molecule has 1 unspecified atom stereocenters. The molecule has 0 bridgehead atoms. The summed E-state index contributed by atoms with van der Waals surface area (Å²) in [5.41, 5.74) is 1.80. The molecule has 4 nitrogen and oxygen atoms in total. The van der Waals surface area contributed by atoms with Gasteiger partial charge in [0, 0.05) is 0 Å². The highest BCUT2D eigenvalue weighted by Crippen LogP contribution is 2.16. The molecule has 1 rings (SSSR count). The Morgan fingerprint density at radius 3 is 2.40 bits per heavy atom. The van der Waals surface area contributed by atoms with Crippen LogP contribution in [0.2, 0.25) is 0 Å². The predicted molar refractivity (Wildman–Crippen MR) is 56.4 cm³/mol. The highest BCUT2D eigenvalue weighted by molar-refractivity contribution is 5.69. The minimum absolute atomic E-state index is 0.185. The van der Waals surface area contributed by atoms with E-state index in [1.165, 1.54) is 4.90 Å². The van der Waals surface area contributed by atoms with E-state index in [4.69, 9.17) is 5.11 Å². The molecule has 2 N–H and O–H groups in total. The minimum atomic E-state index is -0.955. The first-order valence-electron chi connectivity index (χ1n) is 4.67. The van der Waals surface area contributed by atoms with Crippen molar-refractivity contribution in [2.75, 3.05) is 13.6 Å². The van der Waals surface area contributed by atoms with Crippen LogP contribution in [0, 0.1) is 6.92 Å². The summed E-state index contributed by atoms with van der Waals surface area (Å²) in [7, 11) is 1.57. The molecule has 0 aromatic heterocycles. The van der Waals surface area contributed by atoms with E-state index in [1.54, 1.807) is 19.2 Å². The van der Waals surface area contributed by atoms with Crippen molar-refractivity contribution in [2.45, 2.75) is 13.2 Å². The molecule has 82 valence electrons. The van der Waals surface area contributed by atoms with Crippen LogP contribution in [0.4, 0.5) is 0 Å². The van der Waals surface area contributed by atoms with Gasteiger partial charge in [0.15, 0.2) is 0 Å². The molecule has 0 radical (unpaired) electrons. The molecule has 1 atom stereocenters. The Morgan fingerprint density at radius 2 is 1.93 bits per heavy atom. The van der Waals surface area contributed by atoms with Crippen molar-refractivity contribution in [1.82, 2.24) is 4.90 Å². The Labute approximate surface area is 88.8 Å². The first-order valence-corrected chi connectivity index (χ1v) is 4.67. The van der Waals surface area contributed by atoms with Crippen LogP contribution in [0.5, 0.6) is 0 Å². The SMILES string of the molecule is Cc1ccc(C(O)N(C)CC(=O)O)cc1. The van der Waals surface area contributed by atoms with E-state index in [1.807, 2.05) is 19.1 Å². The van der Waals surface area contributed by atoms with Crippen LogP contribution < -0.4 is 0 Å². The number of carboxylic acids is 1. The second-order valence-corrected chi connectivity index (χ2v) is 3.59. The number of hydrogen-bond acceptors (Lipinski definition) is 3. The number of hydrogen-bond donors (Lipinski definition) is 2. The molecule has 0 spiro atoms. The molecule has 0 saturated heterocycles. The molecule has 0 aliphatic carbocycles. The van der Waals surface area contributed by atoms with Gasteiger partial charge in [0.25, 0.3) is 0 Å². The van der Waals surface area contributed by atoms with Gasteiger partial charge in [-0.1, -0.05) is 29.8 Å². The molecular formula is C11H15NO3. The lowest BCUT2D eigenvalue weighted by Gasteiger charge is -2.21. The van der Waals surface area contributed by atoms with Gasteiger partial charge in [0.1, 0.15) is 6.23 Å². The fourth-order valence-corrected chi connectivity index (χ4v) is 1.29. The molecular weight excluding hydrogens is 194 g/mol. The summed E-state index contributed by atoms with van der Waals surface area (Å²) in [6.07, 6.45) is -0.873. The largest absolute Gasteiger partial charge is 0.480 e. The number of carboxylic acid groups (broad SMARTS) is 1. The molecule has 1 aromatic carbocycles. The molecule has 0 aliphatic heterocycles. The third-order valence-electron chi connectivity index (χ3n) is 2.18. The van der Waals surface area contributed by atoms with Crippen LogP contribution in [-0.2, 0) is 4.79 Å². The van der Waals surface area contributed by atoms with Crippen LogP contribution in [0.25, 0.3) is 0 Å². The highest BCUT2D eigenvalue weighted by atomic mass is 16.4. The van der Waals surface area contributed by atoms with Crippen LogP contribution in [0.15, 0.2) is 24.3 Å². The van der Waals surface area contributed by atoms with Gasteiger partial charge in [-0.25, -0.2) is 0 Å². The van der Waals surface area contributed by atoms with Crippen LogP contribution in [-0.4, -0.2) is 34.7 Å². The summed E-state index contributed by atoms with van der Waals surface area (Å²) in [6.45, 7) is 1.77. The van der Waals surface area contributed by atoms with Crippen molar-refractivity contribution in [3.63, 3.8) is 0 Å². The molecule has 0 heterocycles. The van der Waals surface area contributed by atoms with E-state index < -0.39 is 12.2 Å². The maximum absolute atomic E-state index is 10.4. The van der Waals surface area contributed by atoms with Crippen molar-refractivity contribution >= 4 is 5.97 Å². The number of aliphatic hydroxyl groups excluding tert-OH is 1. The molecule has 0 saturated carbocycles. The summed E-state index contributed by atoms with van der Waals surface area (Å²) in [6, 6.07) is 7.34. The maximum atomic E-state index is 10.4. The second-order valence-electron chi connectivity index (χ2n) is 3.59. The van der Waals surface area contributed by atoms with Gasteiger partial charge in [-0.05, 0) is 19.5 Å². The van der Waals surface area contributed by atoms with Crippen LogP contribution >= 0.6 is 0 Å². The fraction of sp³-hybridized carbons (Fsp3) is 0.364. The van der Waals surface area contributed by atoms with Gasteiger partial charge < -0.3 is 10.2 Å². The van der Waals surface area contributed by atoms with Crippen LogP contribution in [0.1, 0.15) is 17.4 Å². The molecule has 0 amide bonds. The van der Waals surface area contributed by atoms with Crippen molar-refractivity contribution < 1.29 is 15.0 Å². The molecule has 0 fully saturated rings. The predicted octanol–water partition coefficient (Wildman–Crippen LogP) is 1.00. The standard InChI is InChI=1S/C11H15NO3/c1-8-3-5-9(6-4-8)11(15)12(2)7-10(13)14/h3-6,11,15H,7H2,1-2H3,(H,13,14). The van der Waals surface area contributed by atoms with E-state index in [0.717, 1.165) is 5.56 Å². The average molecular weight is 209 g/mol. The van der Waals surface area contributed by atoms with Gasteiger partial charge in [0.2, 0.25) is 0 Å². The first-order chi connectivity index (χ1) is 7.00. The van der Waals surface area contributed by atoms with Crippen molar-refractivity contribution in [3.05, 3.63) is 35.4 Å². The number of aryl methyl sites for hydroxylation is 1. The lowest BCUT2D eigenvalue weighted by atomic mass is 10.1. The lowest BCUT2D eigenvalue weighted by Crippen LogP contribution is -2.29. The van der Waals surface area contributed by atoms with E-state index >= 15 is 0 Å². The number of aliphatic carboxylic acids is 1. The zero-order valence-corrected chi connectivity index (χ0v) is 8.84. The monoisotopic (exact) mass is 209 g/mol.